The van der Waals surface area contributed by atoms with Crippen molar-refractivity contribution in [2.45, 2.75) is 32.4 Å². The number of hydrogen-bond donors (Lipinski definition) is 1. The first-order valence-corrected chi connectivity index (χ1v) is 4.72. The number of nitrogens with two attached hydrogens (primary N) is 1. The molecule has 1 heterocycles. The first kappa shape index (κ1) is 8.57. The van der Waals surface area contributed by atoms with E-state index in [0.29, 0.717) is 18.6 Å². The Morgan fingerprint density at radius 1 is 1.38 bits per heavy atom. The fourth-order valence-corrected chi connectivity index (χ4v) is 1.74. The molecule has 0 amide bonds. The zero-order valence-corrected chi connectivity index (χ0v) is 8.08. The molecule has 2 heteroatoms. The summed E-state index contributed by atoms with van der Waals surface area (Å²) in [5.41, 5.74) is 8.07. The van der Waals surface area contributed by atoms with Crippen LogP contribution < -0.4 is 10.5 Å². The molecule has 2 N–H and O–H groups in total. The average molecular weight is 177 g/mol. The molecule has 2 atom stereocenters. The van der Waals surface area contributed by atoms with Crippen LogP contribution in [-0.2, 0) is 6.54 Å². The Morgan fingerprint density at radius 3 is 2.85 bits per heavy atom. The zero-order valence-electron chi connectivity index (χ0n) is 8.08. The van der Waals surface area contributed by atoms with E-state index in [1.165, 1.54) is 11.1 Å². The molecule has 1 aliphatic rings. The fourth-order valence-electron chi connectivity index (χ4n) is 1.74. The third kappa shape index (κ3) is 1.31. The topological polar surface area (TPSA) is 35.2 Å². The van der Waals surface area contributed by atoms with Crippen molar-refractivity contribution < 1.29 is 4.74 Å². The second-order valence-corrected chi connectivity index (χ2v) is 3.69. The van der Waals surface area contributed by atoms with Crippen LogP contribution in [0.25, 0.3) is 0 Å². The summed E-state index contributed by atoms with van der Waals surface area (Å²) in [4.78, 5) is 0. The largest absolute Gasteiger partial charge is 0.490 e. The third-order valence-electron chi connectivity index (χ3n) is 2.82. The Labute approximate surface area is 78.7 Å². The average Bonchev–Trinajstić information content (AvgIpc) is 2.43. The van der Waals surface area contributed by atoms with Gasteiger partial charge in [-0.15, -0.1) is 0 Å². The quantitative estimate of drug-likeness (QED) is 0.712. The van der Waals surface area contributed by atoms with E-state index < -0.39 is 0 Å². The molecule has 0 saturated heterocycles. The van der Waals surface area contributed by atoms with Crippen molar-refractivity contribution in [3.63, 3.8) is 0 Å². The molecule has 0 aliphatic carbocycles. The normalized spacial score (nSPS) is 25.5. The smallest absolute Gasteiger partial charge is 0.123 e. The first-order chi connectivity index (χ1) is 6.22. The molecule has 1 aromatic rings. The Bertz CT molecular complexity index is 322. The Morgan fingerprint density at radius 2 is 2.15 bits per heavy atom. The molecule has 0 fully saturated rings. The molecular weight excluding hydrogens is 162 g/mol. The number of hydrogen-bond acceptors (Lipinski definition) is 2. The molecule has 0 spiro atoms. The molecule has 1 aliphatic heterocycles. The number of fused-ring (bicyclic) bond motifs is 1. The highest BCUT2D eigenvalue weighted by Crippen LogP contribution is 2.37. The number of rotatable bonds is 1. The van der Waals surface area contributed by atoms with E-state index in [-0.39, 0.29) is 0 Å². The maximum atomic E-state index is 5.68. The van der Waals surface area contributed by atoms with E-state index in [1.807, 2.05) is 12.1 Å². The van der Waals surface area contributed by atoms with Crippen molar-refractivity contribution in [1.29, 1.82) is 0 Å². The third-order valence-corrected chi connectivity index (χ3v) is 2.82. The Hall–Kier alpha value is -1.02. The molecule has 70 valence electrons. The van der Waals surface area contributed by atoms with Gasteiger partial charge in [0, 0.05) is 18.0 Å². The summed E-state index contributed by atoms with van der Waals surface area (Å²) in [5.74, 6) is 1.51. The lowest BCUT2D eigenvalue weighted by Crippen LogP contribution is -2.10. The lowest BCUT2D eigenvalue weighted by atomic mass is 9.97. The minimum Gasteiger partial charge on any atom is -0.490 e. The summed E-state index contributed by atoms with van der Waals surface area (Å²) in [7, 11) is 0. The second-order valence-electron chi connectivity index (χ2n) is 3.69. The van der Waals surface area contributed by atoms with Crippen LogP contribution in [0.15, 0.2) is 18.2 Å². The molecule has 2 nitrogen and oxygen atoms in total. The van der Waals surface area contributed by atoms with Gasteiger partial charge in [0.25, 0.3) is 0 Å². The van der Waals surface area contributed by atoms with E-state index in [0.717, 1.165) is 5.75 Å². The molecule has 0 aromatic heterocycles. The molecular formula is C11H15NO. The molecule has 2 rings (SSSR count). The highest BCUT2D eigenvalue weighted by molar-refractivity contribution is 5.43. The lowest BCUT2D eigenvalue weighted by Gasteiger charge is -2.07. The highest BCUT2D eigenvalue weighted by Gasteiger charge is 2.26. The van der Waals surface area contributed by atoms with Crippen molar-refractivity contribution in [1.82, 2.24) is 0 Å². The summed E-state index contributed by atoms with van der Waals surface area (Å²) in [5, 5.41) is 0. The van der Waals surface area contributed by atoms with Crippen molar-refractivity contribution in [3.05, 3.63) is 29.3 Å². The summed E-state index contributed by atoms with van der Waals surface area (Å²) in [6, 6.07) is 6.21. The van der Waals surface area contributed by atoms with Gasteiger partial charge in [-0.3, -0.25) is 0 Å². The van der Waals surface area contributed by atoms with Crippen LogP contribution in [0, 0.1) is 0 Å². The minimum absolute atomic E-state index is 0.294. The Kier molecular flexibility index (Phi) is 2.00. The predicted octanol–water partition coefficient (Wildman–Crippen LogP) is 2.03. The van der Waals surface area contributed by atoms with E-state index in [2.05, 4.69) is 19.9 Å². The number of ether oxygens (including phenoxy) is 1. The monoisotopic (exact) mass is 177 g/mol. The van der Waals surface area contributed by atoms with Crippen molar-refractivity contribution in [2.75, 3.05) is 0 Å². The lowest BCUT2D eigenvalue weighted by molar-refractivity contribution is 0.232. The van der Waals surface area contributed by atoms with Crippen LogP contribution in [0.2, 0.25) is 0 Å². The van der Waals surface area contributed by atoms with Gasteiger partial charge in [0.05, 0.1) is 0 Å². The van der Waals surface area contributed by atoms with Gasteiger partial charge in [-0.1, -0.05) is 19.1 Å². The van der Waals surface area contributed by atoms with E-state index in [1.54, 1.807) is 0 Å². The zero-order chi connectivity index (χ0) is 9.42. The highest BCUT2D eigenvalue weighted by atomic mass is 16.5. The van der Waals surface area contributed by atoms with E-state index in [4.69, 9.17) is 10.5 Å². The Balaban J connectivity index is 2.42. The summed E-state index contributed by atoms with van der Waals surface area (Å²) >= 11 is 0. The van der Waals surface area contributed by atoms with Gasteiger partial charge in [0.1, 0.15) is 11.9 Å². The SMILES string of the molecule is CC1Oc2ccc(CN)cc2C1C. The van der Waals surface area contributed by atoms with Crippen LogP contribution in [-0.4, -0.2) is 6.10 Å². The van der Waals surface area contributed by atoms with Crippen LogP contribution in [0.5, 0.6) is 5.75 Å². The van der Waals surface area contributed by atoms with Gasteiger partial charge in [0.2, 0.25) is 0 Å². The van der Waals surface area contributed by atoms with Gasteiger partial charge in [0.15, 0.2) is 0 Å². The molecule has 0 radical (unpaired) electrons. The molecule has 0 saturated carbocycles. The summed E-state index contributed by atoms with van der Waals surface area (Å²) in [6.07, 6.45) is 0.294. The van der Waals surface area contributed by atoms with E-state index in [9.17, 15) is 0 Å². The van der Waals surface area contributed by atoms with Crippen LogP contribution in [0.4, 0.5) is 0 Å². The van der Waals surface area contributed by atoms with Crippen molar-refractivity contribution >= 4 is 0 Å². The van der Waals surface area contributed by atoms with Crippen molar-refractivity contribution in [3.8, 4) is 5.75 Å². The van der Waals surface area contributed by atoms with Gasteiger partial charge in [-0.2, -0.15) is 0 Å². The van der Waals surface area contributed by atoms with Gasteiger partial charge in [-0.25, -0.2) is 0 Å². The van der Waals surface area contributed by atoms with Crippen molar-refractivity contribution in [2.24, 2.45) is 5.73 Å². The maximum Gasteiger partial charge on any atom is 0.123 e. The van der Waals surface area contributed by atoms with Gasteiger partial charge in [-0.05, 0) is 18.6 Å². The van der Waals surface area contributed by atoms with Crippen LogP contribution >= 0.6 is 0 Å². The van der Waals surface area contributed by atoms with E-state index >= 15 is 0 Å². The molecule has 13 heavy (non-hydrogen) atoms. The maximum absolute atomic E-state index is 5.68. The molecule has 1 aromatic carbocycles. The van der Waals surface area contributed by atoms with Gasteiger partial charge < -0.3 is 10.5 Å². The fraction of sp³-hybridized carbons (Fsp3) is 0.455. The van der Waals surface area contributed by atoms with Crippen LogP contribution in [0.3, 0.4) is 0 Å². The standard InChI is InChI=1S/C11H15NO/c1-7-8(2)13-11-4-3-9(6-12)5-10(7)11/h3-5,7-8H,6,12H2,1-2H3. The van der Waals surface area contributed by atoms with Gasteiger partial charge >= 0.3 is 0 Å². The van der Waals surface area contributed by atoms with Crippen LogP contribution in [0.1, 0.15) is 30.9 Å². The number of benzene rings is 1. The summed E-state index contributed by atoms with van der Waals surface area (Å²) in [6.45, 7) is 4.90. The predicted molar refractivity (Wildman–Crippen MR) is 52.8 cm³/mol. The minimum atomic E-state index is 0.294. The molecule has 2 unspecified atom stereocenters. The second kappa shape index (κ2) is 3.04. The molecule has 0 bridgehead atoms. The first-order valence-electron chi connectivity index (χ1n) is 4.72. The summed E-state index contributed by atoms with van der Waals surface area (Å²) < 4.78 is 5.68.